The van der Waals surface area contributed by atoms with Gasteiger partial charge in [-0.15, -0.1) is 0 Å². The van der Waals surface area contributed by atoms with Gasteiger partial charge in [-0.05, 0) is 0 Å². The lowest BCUT2D eigenvalue weighted by Gasteiger charge is -2.14. The molecule has 0 saturated carbocycles. The van der Waals surface area contributed by atoms with Crippen LogP contribution in [-0.2, 0) is 4.74 Å². The lowest BCUT2D eigenvalue weighted by atomic mass is 10.1. The van der Waals surface area contributed by atoms with Crippen molar-refractivity contribution in [3.63, 3.8) is 0 Å². The van der Waals surface area contributed by atoms with Crippen LogP contribution in [0, 0.1) is 0 Å². The lowest BCUT2D eigenvalue weighted by molar-refractivity contribution is -0.0536. The number of aliphatic hydroxyl groups excluding tert-OH is 3. The van der Waals surface area contributed by atoms with Gasteiger partial charge in [0, 0.05) is 6.20 Å². The van der Waals surface area contributed by atoms with Gasteiger partial charge in [0.05, 0.1) is 6.61 Å². The van der Waals surface area contributed by atoms with Gasteiger partial charge in [-0.25, -0.2) is 0 Å². The Labute approximate surface area is 94.3 Å². The number of rotatable bonds is 2. The van der Waals surface area contributed by atoms with E-state index in [9.17, 15) is 15.0 Å². The SMILES string of the molecule is Nc1cn([C@@H]2O[C@H](CO)[C@@H](O)[C@H]2O)c(=O)s1. The first kappa shape index (κ1) is 11.6. The zero-order valence-electron chi connectivity index (χ0n) is 8.18. The monoisotopic (exact) mass is 248 g/mol. The highest BCUT2D eigenvalue weighted by atomic mass is 32.1. The molecule has 5 N–H and O–H groups in total. The first-order chi connectivity index (χ1) is 7.54. The summed E-state index contributed by atoms with van der Waals surface area (Å²) in [6.45, 7) is -0.427. The van der Waals surface area contributed by atoms with Gasteiger partial charge >= 0.3 is 4.87 Å². The van der Waals surface area contributed by atoms with Crippen LogP contribution in [0.5, 0.6) is 0 Å². The third-order valence-corrected chi connectivity index (χ3v) is 3.20. The van der Waals surface area contributed by atoms with E-state index in [4.69, 9.17) is 15.6 Å². The molecule has 0 amide bonds. The van der Waals surface area contributed by atoms with E-state index in [1.54, 1.807) is 0 Å². The molecule has 0 unspecified atom stereocenters. The highest BCUT2D eigenvalue weighted by Crippen LogP contribution is 2.29. The largest absolute Gasteiger partial charge is 0.394 e. The number of nitrogen functional groups attached to an aromatic ring is 1. The number of hydrogen-bond donors (Lipinski definition) is 4. The van der Waals surface area contributed by atoms with Gasteiger partial charge in [-0.1, -0.05) is 11.3 Å². The molecular weight excluding hydrogens is 236 g/mol. The maximum atomic E-state index is 11.4. The summed E-state index contributed by atoms with van der Waals surface area (Å²) in [6, 6.07) is 0. The molecule has 8 heteroatoms. The first-order valence-electron chi connectivity index (χ1n) is 4.64. The fourth-order valence-corrected chi connectivity index (χ4v) is 2.29. The minimum atomic E-state index is -1.26. The Morgan fingerprint density at radius 2 is 2.19 bits per heavy atom. The van der Waals surface area contributed by atoms with E-state index in [0.29, 0.717) is 5.00 Å². The average Bonchev–Trinajstić information content (AvgIpc) is 2.70. The van der Waals surface area contributed by atoms with Gasteiger partial charge in [0.25, 0.3) is 0 Å². The van der Waals surface area contributed by atoms with Crippen LogP contribution in [0.25, 0.3) is 0 Å². The average molecular weight is 248 g/mol. The summed E-state index contributed by atoms with van der Waals surface area (Å²) in [5.41, 5.74) is 5.44. The highest BCUT2D eigenvalue weighted by Gasteiger charge is 2.43. The molecule has 1 aliphatic heterocycles. The van der Waals surface area contributed by atoms with Crippen molar-refractivity contribution in [2.75, 3.05) is 12.3 Å². The number of thiazole rings is 1. The van der Waals surface area contributed by atoms with E-state index in [2.05, 4.69) is 0 Å². The standard InChI is InChI=1S/C8H12N2O5S/c9-4-1-10(8(14)16-4)7-6(13)5(12)3(2-11)15-7/h1,3,5-7,11-13H,2,9H2/t3-,5-,6-,7-/m1/s1. The molecule has 0 spiro atoms. The minimum absolute atomic E-state index is 0.294. The zero-order chi connectivity index (χ0) is 11.9. The Morgan fingerprint density at radius 3 is 2.62 bits per heavy atom. The van der Waals surface area contributed by atoms with Gasteiger partial charge in [0.15, 0.2) is 6.23 Å². The molecule has 2 heterocycles. The van der Waals surface area contributed by atoms with Gasteiger partial charge < -0.3 is 25.8 Å². The molecule has 7 nitrogen and oxygen atoms in total. The molecule has 0 aliphatic carbocycles. The molecule has 4 atom stereocenters. The maximum absolute atomic E-state index is 11.4. The van der Waals surface area contributed by atoms with Crippen LogP contribution in [-0.4, -0.2) is 44.8 Å². The molecule has 16 heavy (non-hydrogen) atoms. The fraction of sp³-hybridized carbons (Fsp3) is 0.625. The Balaban J connectivity index is 2.29. The number of aromatic nitrogens is 1. The smallest absolute Gasteiger partial charge is 0.311 e. The van der Waals surface area contributed by atoms with E-state index >= 15 is 0 Å². The van der Waals surface area contributed by atoms with Gasteiger partial charge in [0.1, 0.15) is 23.3 Å². The summed E-state index contributed by atoms with van der Waals surface area (Å²) < 4.78 is 6.29. The van der Waals surface area contributed by atoms with Crippen molar-refractivity contribution >= 4 is 16.3 Å². The molecule has 1 saturated heterocycles. The maximum Gasteiger partial charge on any atom is 0.311 e. The topological polar surface area (TPSA) is 118 Å². The summed E-state index contributed by atoms with van der Waals surface area (Å²) in [4.78, 5) is 11.1. The Hall–Kier alpha value is -0.930. The Morgan fingerprint density at radius 1 is 1.50 bits per heavy atom. The predicted molar refractivity (Wildman–Crippen MR) is 56.0 cm³/mol. The van der Waals surface area contributed by atoms with Crippen LogP contribution in [0.1, 0.15) is 6.23 Å². The predicted octanol–water partition coefficient (Wildman–Crippen LogP) is -1.90. The van der Waals surface area contributed by atoms with Gasteiger partial charge in [-0.3, -0.25) is 9.36 Å². The van der Waals surface area contributed by atoms with Crippen molar-refractivity contribution in [2.45, 2.75) is 24.5 Å². The number of ether oxygens (including phenoxy) is 1. The quantitative estimate of drug-likeness (QED) is 0.486. The van der Waals surface area contributed by atoms with E-state index in [-0.39, 0.29) is 4.87 Å². The first-order valence-corrected chi connectivity index (χ1v) is 5.46. The molecule has 1 aliphatic rings. The Bertz CT molecular complexity index is 430. The van der Waals surface area contributed by atoms with E-state index in [1.807, 2.05) is 0 Å². The van der Waals surface area contributed by atoms with E-state index < -0.39 is 31.1 Å². The second-order valence-corrected chi connectivity index (χ2v) is 4.56. The highest BCUT2D eigenvalue weighted by molar-refractivity contribution is 7.13. The van der Waals surface area contributed by atoms with Gasteiger partial charge in [0.2, 0.25) is 0 Å². The van der Waals surface area contributed by atoms with Crippen LogP contribution in [0.4, 0.5) is 5.00 Å². The van der Waals surface area contributed by atoms with E-state index in [0.717, 1.165) is 15.9 Å². The fourth-order valence-electron chi connectivity index (χ4n) is 1.66. The summed E-state index contributed by atoms with van der Waals surface area (Å²) >= 11 is 0.818. The number of hydrogen-bond acceptors (Lipinski definition) is 7. The number of aliphatic hydroxyl groups is 3. The van der Waals surface area contributed by atoms with Gasteiger partial charge in [-0.2, -0.15) is 0 Å². The van der Waals surface area contributed by atoms with Crippen LogP contribution in [0.3, 0.4) is 0 Å². The van der Waals surface area contributed by atoms with Crippen molar-refractivity contribution in [2.24, 2.45) is 0 Å². The second-order valence-electron chi connectivity index (χ2n) is 3.54. The molecular formula is C8H12N2O5S. The minimum Gasteiger partial charge on any atom is -0.394 e. The van der Waals surface area contributed by atoms with Crippen molar-refractivity contribution in [1.29, 1.82) is 0 Å². The number of anilines is 1. The molecule has 1 aromatic rings. The zero-order valence-corrected chi connectivity index (χ0v) is 9.00. The van der Waals surface area contributed by atoms with Crippen molar-refractivity contribution in [3.05, 3.63) is 15.9 Å². The number of nitrogens with zero attached hydrogens (tertiary/aromatic N) is 1. The summed E-state index contributed by atoms with van der Waals surface area (Å²) in [7, 11) is 0. The molecule has 1 fully saturated rings. The molecule has 0 bridgehead atoms. The molecule has 90 valence electrons. The van der Waals surface area contributed by atoms with Crippen molar-refractivity contribution in [1.82, 2.24) is 4.57 Å². The van der Waals surface area contributed by atoms with Crippen LogP contribution >= 0.6 is 11.3 Å². The second kappa shape index (κ2) is 4.15. The Kier molecular flexibility index (Phi) is 3.00. The molecule has 0 radical (unpaired) electrons. The third-order valence-electron chi connectivity index (χ3n) is 2.47. The lowest BCUT2D eigenvalue weighted by Crippen LogP contribution is -2.34. The molecule has 2 rings (SSSR count). The summed E-state index contributed by atoms with van der Waals surface area (Å²) in [6.07, 6.45) is -3.04. The van der Waals surface area contributed by atoms with Crippen LogP contribution in [0.15, 0.2) is 11.0 Å². The normalized spacial score (nSPS) is 34.4. The number of nitrogens with two attached hydrogens (primary N) is 1. The van der Waals surface area contributed by atoms with Crippen molar-refractivity contribution in [3.8, 4) is 0 Å². The van der Waals surface area contributed by atoms with Crippen LogP contribution in [0.2, 0.25) is 0 Å². The summed E-state index contributed by atoms with van der Waals surface area (Å²) in [5, 5.41) is 28.4. The third kappa shape index (κ3) is 1.74. The molecule has 0 aromatic carbocycles. The van der Waals surface area contributed by atoms with Crippen molar-refractivity contribution < 1.29 is 20.1 Å². The van der Waals surface area contributed by atoms with E-state index in [1.165, 1.54) is 6.20 Å². The summed E-state index contributed by atoms with van der Waals surface area (Å²) in [5.74, 6) is 0. The molecule has 1 aromatic heterocycles. The van der Waals surface area contributed by atoms with Crippen LogP contribution < -0.4 is 10.6 Å².